The number of nitriles is 1. The van der Waals surface area contributed by atoms with E-state index in [9.17, 15) is 0 Å². The van der Waals surface area contributed by atoms with E-state index in [0.29, 0.717) is 11.4 Å². The molecule has 6 heteroatoms. The van der Waals surface area contributed by atoms with Gasteiger partial charge < -0.3 is 5.73 Å². The first-order valence-corrected chi connectivity index (χ1v) is 5.91. The molecule has 0 saturated carbocycles. The molecule has 0 bridgehead atoms. The van der Waals surface area contributed by atoms with Crippen LogP contribution in [0.1, 0.15) is 5.56 Å². The highest BCUT2D eigenvalue weighted by Crippen LogP contribution is 2.20. The van der Waals surface area contributed by atoms with Crippen LogP contribution in [0, 0.1) is 11.3 Å². The number of nitrogen functional groups attached to an aromatic ring is 1. The minimum absolute atomic E-state index is 0.269. The topological polar surface area (TPSA) is 93.4 Å². The fraction of sp³-hybridized carbons (Fsp3) is 0. The van der Waals surface area contributed by atoms with Crippen molar-refractivity contribution in [2.75, 3.05) is 5.73 Å². The average molecular weight is 262 g/mol. The van der Waals surface area contributed by atoms with Crippen molar-refractivity contribution in [3.63, 3.8) is 0 Å². The van der Waals surface area contributed by atoms with Gasteiger partial charge in [-0.25, -0.2) is 9.97 Å². The molecule has 1 aromatic carbocycles. The second-order valence-electron chi connectivity index (χ2n) is 4.09. The summed E-state index contributed by atoms with van der Waals surface area (Å²) in [6, 6.07) is 13.5. The van der Waals surface area contributed by atoms with Crippen LogP contribution >= 0.6 is 0 Å². The summed E-state index contributed by atoms with van der Waals surface area (Å²) in [7, 11) is 0. The summed E-state index contributed by atoms with van der Waals surface area (Å²) in [5, 5.41) is 13.0. The van der Waals surface area contributed by atoms with Gasteiger partial charge in [0.05, 0.1) is 11.9 Å². The summed E-state index contributed by atoms with van der Waals surface area (Å²) < 4.78 is 1.42. The number of benzene rings is 1. The molecule has 3 aromatic rings. The predicted molar refractivity (Wildman–Crippen MR) is 73.7 cm³/mol. The van der Waals surface area contributed by atoms with E-state index in [1.807, 2.05) is 36.4 Å². The van der Waals surface area contributed by atoms with Gasteiger partial charge in [-0.1, -0.05) is 30.3 Å². The minimum Gasteiger partial charge on any atom is -0.382 e. The van der Waals surface area contributed by atoms with E-state index in [4.69, 9.17) is 11.0 Å². The van der Waals surface area contributed by atoms with Crippen molar-refractivity contribution in [2.45, 2.75) is 0 Å². The number of hydrogen-bond acceptors (Lipinski definition) is 5. The maximum Gasteiger partial charge on any atom is 0.159 e. The first-order valence-electron chi connectivity index (χ1n) is 5.91. The first kappa shape index (κ1) is 11.9. The van der Waals surface area contributed by atoms with E-state index >= 15 is 0 Å². The van der Waals surface area contributed by atoms with Gasteiger partial charge in [0.25, 0.3) is 0 Å². The Morgan fingerprint density at radius 2 is 1.95 bits per heavy atom. The summed E-state index contributed by atoms with van der Waals surface area (Å²) >= 11 is 0. The summed E-state index contributed by atoms with van der Waals surface area (Å²) in [4.78, 5) is 8.38. The molecule has 0 aliphatic heterocycles. The van der Waals surface area contributed by atoms with Crippen LogP contribution in [0.25, 0.3) is 17.1 Å². The molecule has 0 spiro atoms. The molecule has 96 valence electrons. The molecule has 0 aliphatic carbocycles. The van der Waals surface area contributed by atoms with Crippen molar-refractivity contribution in [1.29, 1.82) is 5.26 Å². The SMILES string of the molecule is N#Cc1cnn(-c2cc(-c3ccccc3)ncn2)c1N. The predicted octanol–water partition coefficient (Wildman–Crippen LogP) is 1.78. The van der Waals surface area contributed by atoms with Gasteiger partial charge in [-0.2, -0.15) is 15.0 Å². The number of hydrogen-bond donors (Lipinski definition) is 1. The van der Waals surface area contributed by atoms with Crippen LogP contribution in [-0.4, -0.2) is 19.7 Å². The van der Waals surface area contributed by atoms with Crippen LogP contribution < -0.4 is 5.73 Å². The molecular weight excluding hydrogens is 252 g/mol. The molecule has 0 fully saturated rings. The Balaban J connectivity index is 2.08. The van der Waals surface area contributed by atoms with Crippen LogP contribution in [0.5, 0.6) is 0 Å². The molecule has 0 atom stereocenters. The van der Waals surface area contributed by atoms with Crippen LogP contribution in [0.3, 0.4) is 0 Å². The number of nitrogens with two attached hydrogens (primary N) is 1. The lowest BCUT2D eigenvalue weighted by atomic mass is 10.1. The van der Waals surface area contributed by atoms with Gasteiger partial charge in [-0.05, 0) is 0 Å². The van der Waals surface area contributed by atoms with Gasteiger partial charge in [0.1, 0.15) is 23.8 Å². The second-order valence-corrected chi connectivity index (χ2v) is 4.09. The molecule has 2 heterocycles. The quantitative estimate of drug-likeness (QED) is 0.759. The van der Waals surface area contributed by atoms with Crippen molar-refractivity contribution in [1.82, 2.24) is 19.7 Å². The highest BCUT2D eigenvalue weighted by Gasteiger charge is 2.10. The van der Waals surface area contributed by atoms with Crippen molar-refractivity contribution < 1.29 is 0 Å². The normalized spacial score (nSPS) is 10.2. The highest BCUT2D eigenvalue weighted by atomic mass is 15.3. The Labute approximate surface area is 115 Å². The second kappa shape index (κ2) is 4.82. The maximum absolute atomic E-state index is 8.90. The van der Waals surface area contributed by atoms with E-state index in [1.54, 1.807) is 6.07 Å². The number of aromatic nitrogens is 4. The zero-order valence-corrected chi connectivity index (χ0v) is 10.4. The molecular formula is C14H10N6. The lowest BCUT2D eigenvalue weighted by Gasteiger charge is -2.05. The first-order chi connectivity index (χ1) is 9.79. The molecule has 20 heavy (non-hydrogen) atoms. The smallest absolute Gasteiger partial charge is 0.159 e. The Morgan fingerprint density at radius 1 is 1.15 bits per heavy atom. The summed E-state index contributed by atoms with van der Waals surface area (Å²) in [6.45, 7) is 0. The van der Waals surface area contributed by atoms with Gasteiger partial charge >= 0.3 is 0 Å². The Morgan fingerprint density at radius 3 is 2.65 bits per heavy atom. The number of anilines is 1. The van der Waals surface area contributed by atoms with Gasteiger partial charge in [0.15, 0.2) is 5.82 Å². The summed E-state index contributed by atoms with van der Waals surface area (Å²) in [5.74, 6) is 0.795. The van der Waals surface area contributed by atoms with Gasteiger partial charge in [0, 0.05) is 11.6 Å². The number of rotatable bonds is 2. The largest absolute Gasteiger partial charge is 0.382 e. The highest BCUT2D eigenvalue weighted by molar-refractivity contribution is 5.61. The van der Waals surface area contributed by atoms with Crippen LogP contribution in [-0.2, 0) is 0 Å². The third kappa shape index (κ3) is 1.97. The summed E-state index contributed by atoms with van der Waals surface area (Å²) in [6.07, 6.45) is 2.87. The molecule has 6 nitrogen and oxygen atoms in total. The van der Waals surface area contributed by atoms with Crippen molar-refractivity contribution >= 4 is 5.82 Å². The monoisotopic (exact) mass is 262 g/mol. The molecule has 0 radical (unpaired) electrons. The zero-order chi connectivity index (χ0) is 13.9. The van der Waals surface area contributed by atoms with E-state index in [2.05, 4.69) is 15.1 Å². The third-order valence-corrected chi connectivity index (χ3v) is 2.87. The van der Waals surface area contributed by atoms with Crippen molar-refractivity contribution in [3.8, 4) is 23.1 Å². The fourth-order valence-corrected chi connectivity index (χ4v) is 1.86. The third-order valence-electron chi connectivity index (χ3n) is 2.87. The van der Waals surface area contributed by atoms with Crippen LogP contribution in [0.15, 0.2) is 48.9 Å². The Hall–Kier alpha value is -3.20. The standard InChI is InChI=1S/C14H10N6/c15-7-11-8-19-20(14(11)16)13-6-12(17-9-18-13)10-4-2-1-3-5-10/h1-6,8-9H,16H2. The molecule has 0 saturated heterocycles. The zero-order valence-electron chi connectivity index (χ0n) is 10.4. The minimum atomic E-state index is 0.269. The van der Waals surface area contributed by atoms with E-state index < -0.39 is 0 Å². The Kier molecular flexibility index (Phi) is 2.86. The Bertz CT molecular complexity index is 785. The van der Waals surface area contributed by atoms with Crippen LogP contribution in [0.2, 0.25) is 0 Å². The van der Waals surface area contributed by atoms with E-state index in [0.717, 1.165) is 11.3 Å². The van der Waals surface area contributed by atoms with Crippen molar-refractivity contribution in [3.05, 3.63) is 54.5 Å². The molecule has 2 aromatic heterocycles. The van der Waals surface area contributed by atoms with Gasteiger partial charge in [0.2, 0.25) is 0 Å². The van der Waals surface area contributed by atoms with E-state index in [-0.39, 0.29) is 5.82 Å². The molecule has 0 amide bonds. The fourth-order valence-electron chi connectivity index (χ4n) is 1.86. The summed E-state index contributed by atoms with van der Waals surface area (Å²) in [5.41, 5.74) is 7.92. The molecule has 0 aliphatic rings. The lowest BCUT2D eigenvalue weighted by molar-refractivity contribution is 0.850. The molecule has 0 unspecified atom stereocenters. The molecule has 2 N–H and O–H groups in total. The number of nitrogens with zero attached hydrogens (tertiary/aromatic N) is 5. The maximum atomic E-state index is 8.90. The average Bonchev–Trinajstić information content (AvgIpc) is 2.89. The molecule has 3 rings (SSSR count). The van der Waals surface area contributed by atoms with Gasteiger partial charge in [-0.15, -0.1) is 0 Å². The van der Waals surface area contributed by atoms with Crippen LogP contribution in [0.4, 0.5) is 5.82 Å². The lowest BCUT2D eigenvalue weighted by Crippen LogP contribution is -2.05. The van der Waals surface area contributed by atoms with Gasteiger partial charge in [-0.3, -0.25) is 0 Å². The van der Waals surface area contributed by atoms with E-state index in [1.165, 1.54) is 17.2 Å². The van der Waals surface area contributed by atoms with Crippen molar-refractivity contribution in [2.24, 2.45) is 0 Å².